The fourth-order valence-electron chi connectivity index (χ4n) is 2.63. The smallest absolute Gasteiger partial charge is 0.107 e. The highest BCUT2D eigenvalue weighted by Gasteiger charge is 2.35. The van der Waals surface area contributed by atoms with Crippen LogP contribution in [0.2, 0.25) is 0 Å². The number of hydrogen-bond donors (Lipinski definition) is 1. The molecule has 1 aromatic rings. The van der Waals surface area contributed by atoms with Crippen LogP contribution in [0.4, 0.5) is 0 Å². The van der Waals surface area contributed by atoms with Crippen molar-refractivity contribution in [2.75, 3.05) is 13.1 Å². The third-order valence-corrected chi connectivity index (χ3v) is 3.23. The van der Waals surface area contributed by atoms with Crippen molar-refractivity contribution in [3.63, 3.8) is 0 Å². The zero-order valence-electron chi connectivity index (χ0n) is 7.05. The van der Waals surface area contributed by atoms with Crippen molar-refractivity contribution in [2.45, 2.75) is 18.8 Å². The van der Waals surface area contributed by atoms with Crippen molar-refractivity contribution >= 4 is 0 Å². The summed E-state index contributed by atoms with van der Waals surface area (Å²) in [5.74, 6) is 2.85. The minimum Gasteiger partial charge on any atom is -0.469 e. The second-order valence-corrected chi connectivity index (χ2v) is 3.86. The Labute approximate surface area is 72.0 Å². The largest absolute Gasteiger partial charge is 0.469 e. The molecule has 2 nitrogen and oxygen atoms in total. The van der Waals surface area contributed by atoms with Gasteiger partial charge in [0.2, 0.25) is 0 Å². The van der Waals surface area contributed by atoms with Crippen LogP contribution in [0.1, 0.15) is 23.7 Å². The molecule has 0 spiro atoms. The van der Waals surface area contributed by atoms with Gasteiger partial charge in [-0.15, -0.1) is 0 Å². The number of rotatable bonds is 0. The van der Waals surface area contributed by atoms with E-state index in [2.05, 4.69) is 11.4 Å². The first kappa shape index (κ1) is 6.72. The van der Waals surface area contributed by atoms with Crippen molar-refractivity contribution in [1.29, 1.82) is 0 Å². The Hall–Kier alpha value is -0.760. The summed E-state index contributed by atoms with van der Waals surface area (Å²) in [6.07, 6.45) is 4.28. The van der Waals surface area contributed by atoms with Crippen LogP contribution in [0.15, 0.2) is 16.7 Å². The van der Waals surface area contributed by atoms with Crippen molar-refractivity contribution in [3.8, 4) is 0 Å². The minimum atomic E-state index is 0.792. The highest BCUT2D eigenvalue weighted by Crippen LogP contribution is 2.41. The molecule has 1 aromatic heterocycles. The zero-order valence-corrected chi connectivity index (χ0v) is 7.05. The van der Waals surface area contributed by atoms with Crippen LogP contribution in [-0.4, -0.2) is 13.1 Å². The van der Waals surface area contributed by atoms with E-state index in [0.29, 0.717) is 0 Å². The lowest BCUT2D eigenvalue weighted by molar-refractivity contribution is 0.341. The number of fused-ring (bicyclic) bond motifs is 3. The third-order valence-electron chi connectivity index (χ3n) is 3.23. The monoisotopic (exact) mass is 163 g/mol. The summed E-state index contributed by atoms with van der Waals surface area (Å²) in [6, 6.07) is 2.16. The van der Waals surface area contributed by atoms with Gasteiger partial charge in [-0.3, -0.25) is 0 Å². The lowest BCUT2D eigenvalue weighted by Crippen LogP contribution is -2.33. The fraction of sp³-hybridized carbons (Fsp3) is 0.600. The molecule has 1 aliphatic carbocycles. The van der Waals surface area contributed by atoms with Gasteiger partial charge < -0.3 is 9.73 Å². The molecule has 0 aromatic carbocycles. The molecule has 2 aliphatic rings. The molecule has 0 saturated carbocycles. The van der Waals surface area contributed by atoms with Crippen LogP contribution in [-0.2, 0) is 6.42 Å². The lowest BCUT2D eigenvalue weighted by Gasteiger charge is -2.25. The van der Waals surface area contributed by atoms with Gasteiger partial charge in [0.15, 0.2) is 0 Å². The van der Waals surface area contributed by atoms with Crippen LogP contribution in [0, 0.1) is 5.92 Å². The van der Waals surface area contributed by atoms with Crippen molar-refractivity contribution in [1.82, 2.24) is 5.32 Å². The highest BCUT2D eigenvalue weighted by molar-refractivity contribution is 5.29. The SMILES string of the molecule is c1cc2c(o1)CC1CNCC[C@@H]21. The van der Waals surface area contributed by atoms with Crippen LogP contribution < -0.4 is 5.32 Å². The van der Waals surface area contributed by atoms with Gasteiger partial charge in [0, 0.05) is 6.42 Å². The molecule has 0 bridgehead atoms. The van der Waals surface area contributed by atoms with Crippen LogP contribution in [0.25, 0.3) is 0 Å². The van der Waals surface area contributed by atoms with Crippen LogP contribution in [0.5, 0.6) is 0 Å². The molecule has 1 N–H and O–H groups in total. The first-order chi connectivity index (χ1) is 5.95. The molecule has 12 heavy (non-hydrogen) atoms. The number of furan rings is 1. The van der Waals surface area contributed by atoms with E-state index in [-0.39, 0.29) is 0 Å². The minimum absolute atomic E-state index is 0.792. The second-order valence-electron chi connectivity index (χ2n) is 3.86. The molecule has 1 aliphatic heterocycles. The molecule has 1 unspecified atom stereocenters. The van der Waals surface area contributed by atoms with E-state index in [4.69, 9.17) is 4.42 Å². The molecular formula is C10H13NO. The molecule has 1 saturated heterocycles. The molecule has 1 fully saturated rings. The Balaban J connectivity index is 1.98. The molecular weight excluding hydrogens is 150 g/mol. The lowest BCUT2D eigenvalue weighted by atomic mass is 9.87. The van der Waals surface area contributed by atoms with E-state index >= 15 is 0 Å². The van der Waals surface area contributed by atoms with E-state index in [9.17, 15) is 0 Å². The Bertz CT molecular complexity index is 292. The van der Waals surface area contributed by atoms with E-state index in [1.54, 1.807) is 0 Å². The maximum absolute atomic E-state index is 5.44. The maximum atomic E-state index is 5.44. The predicted molar refractivity (Wildman–Crippen MR) is 46.1 cm³/mol. The average molecular weight is 163 g/mol. The van der Waals surface area contributed by atoms with E-state index < -0.39 is 0 Å². The highest BCUT2D eigenvalue weighted by atomic mass is 16.3. The first-order valence-electron chi connectivity index (χ1n) is 4.72. The van der Waals surface area contributed by atoms with Crippen LogP contribution in [0.3, 0.4) is 0 Å². The Kier molecular flexibility index (Phi) is 1.32. The van der Waals surface area contributed by atoms with Gasteiger partial charge in [-0.2, -0.15) is 0 Å². The van der Waals surface area contributed by atoms with Crippen molar-refractivity contribution in [2.24, 2.45) is 5.92 Å². The predicted octanol–water partition coefficient (Wildman–Crippen LogP) is 1.53. The van der Waals surface area contributed by atoms with E-state index in [0.717, 1.165) is 18.3 Å². The molecule has 64 valence electrons. The van der Waals surface area contributed by atoms with E-state index in [1.807, 2.05) is 6.26 Å². The molecule has 2 atom stereocenters. The molecule has 2 heterocycles. The van der Waals surface area contributed by atoms with Crippen molar-refractivity contribution < 1.29 is 4.42 Å². The molecule has 0 radical (unpaired) electrons. The topological polar surface area (TPSA) is 25.2 Å². The Morgan fingerprint density at radius 3 is 3.50 bits per heavy atom. The summed E-state index contributed by atoms with van der Waals surface area (Å²) in [7, 11) is 0. The molecule has 2 heteroatoms. The maximum Gasteiger partial charge on any atom is 0.107 e. The number of hydrogen-bond acceptors (Lipinski definition) is 2. The quantitative estimate of drug-likeness (QED) is 0.627. The summed E-state index contributed by atoms with van der Waals surface area (Å²) in [5.41, 5.74) is 1.49. The Morgan fingerprint density at radius 1 is 1.50 bits per heavy atom. The molecule has 0 amide bonds. The average Bonchev–Trinajstić information content (AvgIpc) is 2.62. The van der Waals surface area contributed by atoms with Crippen LogP contribution >= 0.6 is 0 Å². The van der Waals surface area contributed by atoms with Gasteiger partial charge in [0.05, 0.1) is 6.26 Å². The normalized spacial score (nSPS) is 33.0. The third kappa shape index (κ3) is 0.787. The van der Waals surface area contributed by atoms with Gasteiger partial charge in [0.1, 0.15) is 5.76 Å². The van der Waals surface area contributed by atoms with Gasteiger partial charge in [-0.1, -0.05) is 0 Å². The van der Waals surface area contributed by atoms with Gasteiger partial charge in [-0.05, 0) is 43.0 Å². The summed E-state index contributed by atoms with van der Waals surface area (Å²) in [5, 5.41) is 3.44. The van der Waals surface area contributed by atoms with E-state index in [1.165, 1.54) is 30.8 Å². The summed E-state index contributed by atoms with van der Waals surface area (Å²) < 4.78 is 5.44. The standard InChI is InChI=1S/C10H13NO/c1-3-11-6-7-5-10-9(8(1)7)2-4-12-10/h2,4,7-8,11H,1,3,5-6H2/t7?,8-/m1/s1. The fourth-order valence-corrected chi connectivity index (χ4v) is 2.63. The molecule has 3 rings (SSSR count). The second kappa shape index (κ2) is 2.36. The summed E-state index contributed by atoms with van der Waals surface area (Å²) >= 11 is 0. The van der Waals surface area contributed by atoms with Gasteiger partial charge in [0.25, 0.3) is 0 Å². The first-order valence-corrected chi connectivity index (χ1v) is 4.72. The summed E-state index contributed by atoms with van der Waals surface area (Å²) in [6.45, 7) is 2.35. The van der Waals surface area contributed by atoms with Crippen molar-refractivity contribution in [3.05, 3.63) is 23.7 Å². The number of piperidine rings is 1. The van der Waals surface area contributed by atoms with Gasteiger partial charge >= 0.3 is 0 Å². The Morgan fingerprint density at radius 2 is 2.50 bits per heavy atom. The number of nitrogens with one attached hydrogen (secondary N) is 1. The zero-order chi connectivity index (χ0) is 7.97. The summed E-state index contributed by atoms with van der Waals surface area (Å²) in [4.78, 5) is 0. The van der Waals surface area contributed by atoms with Gasteiger partial charge in [-0.25, -0.2) is 0 Å².